The number of carbonyl (C=O) groups is 2. The van der Waals surface area contributed by atoms with E-state index >= 15 is 0 Å². The number of hydrogen-bond acceptors (Lipinski definition) is 7. The molecular weight excluding hydrogens is 748 g/mol. The van der Waals surface area contributed by atoms with Gasteiger partial charge in [0.25, 0.3) is 5.91 Å². The van der Waals surface area contributed by atoms with Crippen LogP contribution in [-0.2, 0) is 13.1 Å². The van der Waals surface area contributed by atoms with Gasteiger partial charge in [-0.15, -0.1) is 22.7 Å². The maximum atomic E-state index is 13.2. The monoisotopic (exact) mass is 792 g/mol. The number of carboxylic acids is 1. The second-order valence-corrected chi connectivity index (χ2v) is 16.8. The number of rotatable bonds is 6. The highest BCUT2D eigenvalue weighted by atomic mass is 35.5. The van der Waals surface area contributed by atoms with Gasteiger partial charge in [-0.2, -0.15) is 0 Å². The van der Waals surface area contributed by atoms with Crippen LogP contribution in [0.5, 0.6) is 0 Å². The van der Waals surface area contributed by atoms with Crippen LogP contribution in [0.3, 0.4) is 0 Å². The van der Waals surface area contributed by atoms with Crippen LogP contribution in [0.25, 0.3) is 21.8 Å². The Hall–Kier alpha value is -3.68. The minimum Gasteiger partial charge on any atom is -0.478 e. The molecule has 8 rings (SSSR count). The van der Waals surface area contributed by atoms with Crippen molar-refractivity contribution in [2.45, 2.75) is 65.0 Å². The van der Waals surface area contributed by atoms with E-state index in [2.05, 4.69) is 87.8 Å². The molecule has 53 heavy (non-hydrogen) atoms. The van der Waals surface area contributed by atoms with Gasteiger partial charge in [0.2, 0.25) is 0 Å². The highest BCUT2D eigenvalue weighted by Crippen LogP contribution is 2.28. The standard InChI is InChI=1S/C20H22ClN3OS.C11H18N2S.C9H6ClNO2/c1-13-11-24(14(2)10-23(13)12-16-4-3-7-26-16)20(25)17-8-15-5-6-22-19(15)9-18(17)21;1-9-7-13(10(2)6-12-9)8-11-4-3-5-14-11;10-7-4-8-5(1-2-11-8)3-6(7)9(12)13/h3-9,13-14,22H,10-12H2,1-2H3;3-5,9-10,12H,6-8H2,1-2H3;1-4,11H,(H,12,13)/t13-,14+;9-,10+;/m01./s1. The highest BCUT2D eigenvalue weighted by Gasteiger charge is 2.33. The predicted molar refractivity (Wildman–Crippen MR) is 220 cm³/mol. The molecule has 0 aliphatic carbocycles. The molecule has 13 heteroatoms. The molecule has 2 saturated heterocycles. The lowest BCUT2D eigenvalue weighted by Gasteiger charge is -2.44. The fraction of sp³-hybridized carbons (Fsp3) is 0.350. The van der Waals surface area contributed by atoms with Crippen LogP contribution in [0.15, 0.2) is 83.8 Å². The second-order valence-electron chi connectivity index (χ2n) is 13.9. The summed E-state index contributed by atoms with van der Waals surface area (Å²) in [5, 5.41) is 19.2. The number of aromatic carboxylic acids is 1. The fourth-order valence-corrected chi connectivity index (χ4v) is 8.80. The summed E-state index contributed by atoms with van der Waals surface area (Å²) in [4.78, 5) is 39.8. The minimum atomic E-state index is -1.01. The van der Waals surface area contributed by atoms with Crippen LogP contribution >= 0.6 is 45.9 Å². The summed E-state index contributed by atoms with van der Waals surface area (Å²) in [5.74, 6) is -0.985. The molecule has 2 aliphatic heterocycles. The third-order valence-corrected chi connectivity index (χ3v) is 12.2. The fourth-order valence-electron chi connectivity index (χ4n) is 6.86. The average Bonchev–Trinajstić information content (AvgIpc) is 3.97. The lowest BCUT2D eigenvalue weighted by molar-refractivity contribution is 0.0294. The van der Waals surface area contributed by atoms with E-state index in [1.54, 1.807) is 35.7 Å². The van der Waals surface area contributed by atoms with Gasteiger partial charge in [0.05, 0.1) is 21.2 Å². The largest absolute Gasteiger partial charge is 0.478 e. The quantitative estimate of drug-likeness (QED) is 0.134. The van der Waals surface area contributed by atoms with Gasteiger partial charge in [-0.1, -0.05) is 35.3 Å². The van der Waals surface area contributed by atoms with E-state index in [9.17, 15) is 9.59 Å². The van der Waals surface area contributed by atoms with Crippen LogP contribution < -0.4 is 5.32 Å². The molecule has 4 aromatic heterocycles. The van der Waals surface area contributed by atoms with Crippen molar-refractivity contribution >= 4 is 79.6 Å². The lowest BCUT2D eigenvalue weighted by atomic mass is 10.0. The highest BCUT2D eigenvalue weighted by molar-refractivity contribution is 7.10. The first-order chi connectivity index (χ1) is 25.5. The Morgan fingerprint density at radius 1 is 0.736 bits per heavy atom. The van der Waals surface area contributed by atoms with Crippen molar-refractivity contribution in [1.29, 1.82) is 0 Å². The number of hydrogen-bond donors (Lipinski definition) is 4. The number of aromatic nitrogens is 2. The third-order valence-electron chi connectivity index (χ3n) is 9.89. The molecule has 4 atom stereocenters. The maximum Gasteiger partial charge on any atom is 0.337 e. The molecule has 0 radical (unpaired) electrons. The Bertz CT molecular complexity index is 2120. The molecule has 4 N–H and O–H groups in total. The first-order valence-electron chi connectivity index (χ1n) is 17.8. The number of carbonyl (C=O) groups excluding carboxylic acids is 1. The van der Waals surface area contributed by atoms with Gasteiger partial charge in [0.15, 0.2) is 0 Å². The van der Waals surface area contributed by atoms with Gasteiger partial charge in [-0.25, -0.2) is 4.79 Å². The van der Waals surface area contributed by atoms with E-state index in [1.807, 2.05) is 40.6 Å². The van der Waals surface area contributed by atoms with Gasteiger partial charge in [-0.05, 0) is 87.0 Å². The number of carboxylic acid groups (broad SMARTS) is 1. The number of halogens is 2. The molecule has 1 amide bonds. The minimum absolute atomic E-state index is 0.0215. The van der Waals surface area contributed by atoms with Crippen molar-refractivity contribution < 1.29 is 14.7 Å². The molecule has 6 aromatic rings. The molecule has 2 aliphatic rings. The van der Waals surface area contributed by atoms with Crippen LogP contribution in [0.4, 0.5) is 0 Å². The van der Waals surface area contributed by atoms with E-state index in [4.69, 9.17) is 28.3 Å². The van der Waals surface area contributed by atoms with E-state index in [-0.39, 0.29) is 22.5 Å². The van der Waals surface area contributed by atoms with Crippen molar-refractivity contribution in [3.05, 3.63) is 115 Å². The second kappa shape index (κ2) is 17.6. The van der Waals surface area contributed by atoms with Crippen LogP contribution in [0.1, 0.15) is 58.2 Å². The summed E-state index contributed by atoms with van der Waals surface area (Å²) >= 11 is 15.8. The van der Waals surface area contributed by atoms with Crippen molar-refractivity contribution in [3.63, 3.8) is 0 Å². The van der Waals surface area contributed by atoms with E-state index in [0.717, 1.165) is 48.0 Å². The first kappa shape index (κ1) is 39.0. The van der Waals surface area contributed by atoms with Crippen LogP contribution in [-0.4, -0.2) is 92.0 Å². The molecule has 0 saturated carbocycles. The van der Waals surface area contributed by atoms with Gasteiger partial charge in [0.1, 0.15) is 0 Å². The number of fused-ring (bicyclic) bond motifs is 2. The molecule has 9 nitrogen and oxygen atoms in total. The molecular formula is C40H46Cl2N6O3S2. The van der Waals surface area contributed by atoms with Gasteiger partial charge < -0.3 is 25.3 Å². The normalized spacial score (nSPS) is 20.8. The van der Waals surface area contributed by atoms with Crippen LogP contribution in [0, 0.1) is 0 Å². The van der Waals surface area contributed by atoms with Gasteiger partial charge in [0, 0.05) is 107 Å². The summed E-state index contributed by atoms with van der Waals surface area (Å²) in [6, 6.07) is 21.0. The number of amides is 1. The summed E-state index contributed by atoms with van der Waals surface area (Å²) in [6.07, 6.45) is 3.61. The molecule has 2 aromatic carbocycles. The summed E-state index contributed by atoms with van der Waals surface area (Å²) in [6.45, 7) is 14.8. The average molecular weight is 794 g/mol. The van der Waals surface area contributed by atoms with Crippen molar-refractivity contribution in [2.75, 3.05) is 26.2 Å². The van der Waals surface area contributed by atoms with E-state index < -0.39 is 5.97 Å². The lowest BCUT2D eigenvalue weighted by Crippen LogP contribution is -2.57. The maximum absolute atomic E-state index is 13.2. The molecule has 0 unspecified atom stereocenters. The Morgan fingerprint density at radius 3 is 1.83 bits per heavy atom. The number of nitrogens with one attached hydrogen (secondary N) is 3. The van der Waals surface area contributed by atoms with Gasteiger partial charge in [-0.3, -0.25) is 14.6 Å². The number of aromatic amines is 2. The first-order valence-corrected chi connectivity index (χ1v) is 20.3. The molecule has 0 spiro atoms. The third kappa shape index (κ3) is 9.71. The zero-order valence-electron chi connectivity index (χ0n) is 30.3. The van der Waals surface area contributed by atoms with E-state index in [1.165, 1.54) is 16.3 Å². The topological polar surface area (TPSA) is 108 Å². The van der Waals surface area contributed by atoms with Crippen molar-refractivity contribution in [1.82, 2.24) is 30.0 Å². The van der Waals surface area contributed by atoms with Crippen molar-refractivity contribution in [2.24, 2.45) is 0 Å². The summed E-state index contributed by atoms with van der Waals surface area (Å²) in [7, 11) is 0. The Labute approximate surface area is 328 Å². The number of benzene rings is 2. The van der Waals surface area contributed by atoms with Gasteiger partial charge >= 0.3 is 5.97 Å². The Kier molecular flexibility index (Phi) is 13.0. The molecule has 6 heterocycles. The molecule has 280 valence electrons. The van der Waals surface area contributed by atoms with Crippen molar-refractivity contribution in [3.8, 4) is 0 Å². The number of thiophene rings is 2. The predicted octanol–water partition coefficient (Wildman–Crippen LogP) is 9.07. The zero-order valence-corrected chi connectivity index (χ0v) is 33.5. The molecule has 0 bridgehead atoms. The summed E-state index contributed by atoms with van der Waals surface area (Å²) in [5.41, 5.74) is 2.52. The number of H-pyrrole nitrogens is 2. The molecule has 2 fully saturated rings. The zero-order chi connectivity index (χ0) is 37.6. The van der Waals surface area contributed by atoms with E-state index in [0.29, 0.717) is 35.3 Å². The Balaban J connectivity index is 0.000000150. The number of piperazine rings is 2. The SMILES string of the molecule is C[C@@H]1CN(Cc2cccs2)[C@@H](C)CN1.C[C@@H]1CN(Cc2cccs2)[C@@H](C)CN1C(=O)c1cc2cc[nH]c2cc1Cl.O=C(O)c1cc2cc[nH]c2cc1Cl. The summed E-state index contributed by atoms with van der Waals surface area (Å²) < 4.78 is 0. The number of nitrogens with zero attached hydrogens (tertiary/aromatic N) is 3. The smallest absolute Gasteiger partial charge is 0.337 e. The van der Waals surface area contributed by atoms with Crippen LogP contribution in [0.2, 0.25) is 10.0 Å². The Morgan fingerprint density at radius 2 is 1.28 bits per heavy atom.